The topological polar surface area (TPSA) is 63.3 Å². The Morgan fingerprint density at radius 2 is 1.75 bits per heavy atom. The number of halogens is 3. The lowest BCUT2D eigenvalue weighted by Crippen LogP contribution is -1.89. The fourth-order valence-electron chi connectivity index (χ4n) is 2.37. The molecule has 0 unspecified atom stereocenters. The van der Waals surface area contributed by atoms with Crippen molar-refractivity contribution >= 4 is 57.5 Å². The molecular weight excluding hydrogens is 439 g/mol. The summed E-state index contributed by atoms with van der Waals surface area (Å²) in [6.45, 7) is 0. The fourth-order valence-corrected chi connectivity index (χ4v) is 3.65. The predicted octanol–water partition coefficient (Wildman–Crippen LogP) is 6.87. The van der Waals surface area contributed by atoms with E-state index in [1.165, 1.54) is 11.3 Å². The van der Waals surface area contributed by atoms with Crippen molar-refractivity contribution in [2.24, 2.45) is 5.10 Å². The van der Waals surface area contributed by atoms with Crippen LogP contribution in [0, 0.1) is 0 Å². The van der Waals surface area contributed by atoms with Gasteiger partial charge in [0.1, 0.15) is 11.4 Å². The van der Waals surface area contributed by atoms with Crippen molar-refractivity contribution in [3.8, 4) is 22.7 Å². The van der Waals surface area contributed by atoms with Gasteiger partial charge in [0.25, 0.3) is 0 Å². The van der Waals surface area contributed by atoms with Crippen LogP contribution in [0.15, 0.2) is 63.5 Å². The third kappa shape index (κ3) is 4.36. The van der Waals surface area contributed by atoms with E-state index in [9.17, 15) is 0 Å². The zero-order chi connectivity index (χ0) is 19.5. The van der Waals surface area contributed by atoms with E-state index in [-0.39, 0.29) is 0 Å². The highest BCUT2D eigenvalue weighted by Gasteiger charge is 2.14. The monoisotopic (exact) mass is 448 g/mol. The Bertz CT molecular complexity index is 1140. The molecule has 0 aliphatic rings. The third-order valence-electron chi connectivity index (χ3n) is 3.72. The number of hydrogen-bond donors (Lipinski definition) is 1. The Morgan fingerprint density at radius 3 is 2.54 bits per heavy atom. The van der Waals surface area contributed by atoms with Crippen molar-refractivity contribution in [2.45, 2.75) is 0 Å². The maximum atomic E-state index is 6.23. The molecule has 5 nitrogen and oxygen atoms in total. The van der Waals surface area contributed by atoms with Crippen LogP contribution in [0.1, 0.15) is 5.56 Å². The van der Waals surface area contributed by atoms with E-state index in [1.54, 1.807) is 42.6 Å². The van der Waals surface area contributed by atoms with Gasteiger partial charge < -0.3 is 4.52 Å². The van der Waals surface area contributed by atoms with Gasteiger partial charge >= 0.3 is 0 Å². The molecule has 0 aliphatic heterocycles. The number of benzene rings is 2. The first-order chi connectivity index (χ1) is 13.6. The molecule has 2 aromatic carbocycles. The summed E-state index contributed by atoms with van der Waals surface area (Å²) >= 11 is 19.4. The molecule has 0 saturated carbocycles. The van der Waals surface area contributed by atoms with Gasteiger partial charge in [0, 0.05) is 27.1 Å². The lowest BCUT2D eigenvalue weighted by atomic mass is 10.1. The maximum absolute atomic E-state index is 6.23. The van der Waals surface area contributed by atoms with E-state index in [0.717, 1.165) is 11.1 Å². The molecule has 0 spiro atoms. The number of nitrogens with one attached hydrogen (secondary N) is 1. The van der Waals surface area contributed by atoms with Crippen molar-refractivity contribution in [3.05, 3.63) is 74.5 Å². The third-order valence-corrected chi connectivity index (χ3v) is 5.26. The number of hydrogen-bond acceptors (Lipinski definition) is 6. The highest BCUT2D eigenvalue weighted by Crippen LogP contribution is 2.33. The molecule has 0 atom stereocenters. The van der Waals surface area contributed by atoms with Crippen LogP contribution in [0.25, 0.3) is 22.7 Å². The average Bonchev–Trinajstić information content (AvgIpc) is 3.33. The number of hydrazone groups is 1. The Kier molecular flexibility index (Phi) is 5.64. The quantitative estimate of drug-likeness (QED) is 0.267. The van der Waals surface area contributed by atoms with Crippen LogP contribution in [0.5, 0.6) is 0 Å². The SMILES string of the molecule is Clc1ccc(/C=N\Nc2nc(-c3cc(-c4ccc(Cl)cc4Cl)no3)cs2)cc1. The summed E-state index contributed by atoms with van der Waals surface area (Å²) in [5, 5.41) is 12.5. The van der Waals surface area contributed by atoms with E-state index in [4.69, 9.17) is 39.3 Å². The molecule has 0 radical (unpaired) electrons. The zero-order valence-electron chi connectivity index (χ0n) is 14.1. The van der Waals surface area contributed by atoms with Gasteiger partial charge in [0.05, 0.1) is 11.2 Å². The summed E-state index contributed by atoms with van der Waals surface area (Å²) in [7, 11) is 0. The first-order valence-electron chi connectivity index (χ1n) is 8.01. The maximum Gasteiger partial charge on any atom is 0.203 e. The minimum atomic E-state index is 0.504. The predicted molar refractivity (Wildman–Crippen MR) is 116 cm³/mol. The second-order valence-corrected chi connectivity index (χ2v) is 7.80. The van der Waals surface area contributed by atoms with Crippen molar-refractivity contribution in [1.82, 2.24) is 10.1 Å². The van der Waals surface area contributed by atoms with Crippen LogP contribution in [0.3, 0.4) is 0 Å². The molecule has 0 bridgehead atoms. The Balaban J connectivity index is 1.47. The number of thiazole rings is 1. The highest BCUT2D eigenvalue weighted by atomic mass is 35.5. The van der Waals surface area contributed by atoms with Crippen LogP contribution in [-0.2, 0) is 0 Å². The molecule has 9 heteroatoms. The molecule has 0 aliphatic carbocycles. The van der Waals surface area contributed by atoms with Crippen molar-refractivity contribution < 1.29 is 4.52 Å². The lowest BCUT2D eigenvalue weighted by molar-refractivity contribution is 0.434. The number of rotatable bonds is 5. The van der Waals surface area contributed by atoms with Crippen molar-refractivity contribution in [1.29, 1.82) is 0 Å². The van der Waals surface area contributed by atoms with Crippen LogP contribution in [0.2, 0.25) is 15.1 Å². The first kappa shape index (κ1) is 19.0. The van der Waals surface area contributed by atoms with Crippen LogP contribution < -0.4 is 5.43 Å². The van der Waals surface area contributed by atoms with Gasteiger partial charge in [-0.3, -0.25) is 5.43 Å². The molecule has 2 aromatic heterocycles. The molecular formula is C19H11Cl3N4OS. The Labute approximate surface area is 179 Å². The summed E-state index contributed by atoms with van der Waals surface area (Å²) in [5.41, 5.74) is 5.82. The number of anilines is 1. The molecule has 0 fully saturated rings. The summed E-state index contributed by atoms with van der Waals surface area (Å²) < 4.78 is 5.41. The second-order valence-electron chi connectivity index (χ2n) is 5.66. The molecule has 4 rings (SSSR count). The van der Waals surface area contributed by atoms with E-state index in [0.29, 0.717) is 37.3 Å². The van der Waals surface area contributed by atoms with Crippen LogP contribution in [0.4, 0.5) is 5.13 Å². The number of aromatic nitrogens is 2. The van der Waals surface area contributed by atoms with E-state index in [2.05, 4.69) is 20.7 Å². The van der Waals surface area contributed by atoms with Crippen LogP contribution >= 0.6 is 46.1 Å². The summed E-state index contributed by atoms with van der Waals surface area (Å²) in [5.74, 6) is 0.534. The zero-order valence-corrected chi connectivity index (χ0v) is 17.1. The molecule has 2 heterocycles. The van der Waals surface area contributed by atoms with Gasteiger partial charge in [-0.1, -0.05) is 52.1 Å². The molecule has 0 amide bonds. The molecule has 0 saturated heterocycles. The highest BCUT2D eigenvalue weighted by molar-refractivity contribution is 7.14. The van der Waals surface area contributed by atoms with E-state index < -0.39 is 0 Å². The molecule has 1 N–H and O–H groups in total. The molecule has 28 heavy (non-hydrogen) atoms. The minimum absolute atomic E-state index is 0.504. The van der Waals surface area contributed by atoms with E-state index >= 15 is 0 Å². The molecule has 4 aromatic rings. The van der Waals surface area contributed by atoms with Gasteiger partial charge in [0.15, 0.2) is 5.76 Å². The summed E-state index contributed by atoms with van der Waals surface area (Å²) in [4.78, 5) is 4.45. The van der Waals surface area contributed by atoms with E-state index in [1.807, 2.05) is 17.5 Å². The largest absolute Gasteiger partial charge is 0.354 e. The standard InChI is InChI=1S/C19H11Cl3N4OS/c20-12-3-1-11(2-4-12)9-23-25-19-24-17(10-28-19)18-8-16(26-27-18)14-6-5-13(21)7-15(14)22/h1-10H,(H,24,25)/b23-9-. The van der Waals surface area contributed by atoms with Crippen LogP contribution in [-0.4, -0.2) is 16.4 Å². The van der Waals surface area contributed by atoms with Crippen molar-refractivity contribution in [3.63, 3.8) is 0 Å². The Hall–Kier alpha value is -2.38. The lowest BCUT2D eigenvalue weighted by Gasteiger charge is -1.99. The van der Waals surface area contributed by atoms with Gasteiger partial charge in [-0.25, -0.2) is 4.98 Å². The smallest absolute Gasteiger partial charge is 0.203 e. The number of nitrogens with zero attached hydrogens (tertiary/aromatic N) is 3. The van der Waals surface area contributed by atoms with Crippen molar-refractivity contribution in [2.75, 3.05) is 5.43 Å². The van der Waals surface area contributed by atoms with Gasteiger partial charge in [-0.15, -0.1) is 11.3 Å². The van der Waals surface area contributed by atoms with Gasteiger partial charge in [-0.2, -0.15) is 5.10 Å². The Morgan fingerprint density at radius 1 is 0.964 bits per heavy atom. The summed E-state index contributed by atoms with van der Waals surface area (Å²) in [6, 6.07) is 14.4. The normalized spacial score (nSPS) is 11.2. The summed E-state index contributed by atoms with van der Waals surface area (Å²) in [6.07, 6.45) is 1.69. The minimum Gasteiger partial charge on any atom is -0.354 e. The van der Waals surface area contributed by atoms with Gasteiger partial charge in [-0.05, 0) is 35.9 Å². The first-order valence-corrected chi connectivity index (χ1v) is 10.0. The van der Waals surface area contributed by atoms with Gasteiger partial charge in [0.2, 0.25) is 5.13 Å². The second kappa shape index (κ2) is 8.32. The molecule has 140 valence electrons. The fraction of sp³-hybridized carbons (Fsp3) is 0. The average molecular weight is 450 g/mol.